The molecule has 0 aromatic rings. The van der Waals surface area contributed by atoms with Gasteiger partial charge in [-0.25, -0.2) is 0 Å². The van der Waals surface area contributed by atoms with Gasteiger partial charge in [0.2, 0.25) is 5.91 Å². The Morgan fingerprint density at radius 2 is 1.55 bits per heavy atom. The van der Waals surface area contributed by atoms with E-state index in [2.05, 4.69) is 22.9 Å². The van der Waals surface area contributed by atoms with Crippen molar-refractivity contribution in [3.8, 4) is 0 Å². The van der Waals surface area contributed by atoms with Crippen molar-refractivity contribution in [2.24, 2.45) is 5.73 Å². The molecule has 1 aliphatic rings. The van der Waals surface area contributed by atoms with Crippen LogP contribution in [0.3, 0.4) is 0 Å². The van der Waals surface area contributed by atoms with Crippen molar-refractivity contribution in [1.82, 2.24) is 10.6 Å². The van der Waals surface area contributed by atoms with E-state index in [0.29, 0.717) is 0 Å². The number of rotatable bonds is 1. The number of nitrogens with two attached hydrogens (primary N) is 1. The van der Waals surface area contributed by atoms with Crippen molar-refractivity contribution in [2.75, 3.05) is 26.2 Å². The van der Waals surface area contributed by atoms with Gasteiger partial charge in [-0.1, -0.05) is 6.58 Å². The fourth-order valence-corrected chi connectivity index (χ4v) is 0.604. The molecule has 0 bridgehead atoms. The van der Waals surface area contributed by atoms with Crippen LogP contribution in [0.5, 0.6) is 0 Å². The Balaban J connectivity index is 0.000000187. The largest absolute Gasteiger partial charge is 0.366 e. The minimum atomic E-state index is -0.481. The molecule has 0 unspecified atom stereocenters. The molecule has 0 atom stereocenters. The van der Waals surface area contributed by atoms with E-state index < -0.39 is 5.91 Å². The average Bonchev–Trinajstić information content (AvgIpc) is 2.09. The third-order valence-electron chi connectivity index (χ3n) is 1.16. The number of primary amides is 1. The van der Waals surface area contributed by atoms with Crippen LogP contribution in [0.25, 0.3) is 0 Å². The van der Waals surface area contributed by atoms with Gasteiger partial charge in [0.25, 0.3) is 0 Å². The standard InChI is InChI=1S/C4H10N2.C3H5NO/c1-2-6-4-3-5-1;1-2-3(4)5/h5-6H,1-4H2;2H,1H2,(H2,4,5). The maximum absolute atomic E-state index is 9.47. The first-order valence-corrected chi connectivity index (χ1v) is 3.60. The van der Waals surface area contributed by atoms with E-state index in [1.807, 2.05) is 0 Å². The molecule has 1 heterocycles. The molecule has 1 rings (SSSR count). The highest BCUT2D eigenvalue weighted by molar-refractivity contribution is 5.84. The number of piperazine rings is 1. The summed E-state index contributed by atoms with van der Waals surface area (Å²) in [5.74, 6) is -0.481. The van der Waals surface area contributed by atoms with Crippen LogP contribution < -0.4 is 16.4 Å². The zero-order valence-electron chi connectivity index (χ0n) is 6.60. The van der Waals surface area contributed by atoms with E-state index >= 15 is 0 Å². The first-order chi connectivity index (χ1) is 5.27. The predicted octanol–water partition coefficient (Wildman–Crippen LogP) is -1.16. The average molecular weight is 157 g/mol. The van der Waals surface area contributed by atoms with Crippen LogP contribution in [0.2, 0.25) is 0 Å². The third-order valence-corrected chi connectivity index (χ3v) is 1.16. The van der Waals surface area contributed by atoms with Crippen LogP contribution in [-0.4, -0.2) is 32.1 Å². The Kier molecular flexibility index (Phi) is 6.67. The van der Waals surface area contributed by atoms with Crippen LogP contribution >= 0.6 is 0 Å². The van der Waals surface area contributed by atoms with Crippen LogP contribution in [0.1, 0.15) is 0 Å². The van der Waals surface area contributed by atoms with Gasteiger partial charge in [0, 0.05) is 26.2 Å². The van der Waals surface area contributed by atoms with E-state index in [-0.39, 0.29) is 0 Å². The molecule has 0 saturated carbocycles. The Hall–Kier alpha value is -0.870. The van der Waals surface area contributed by atoms with Crippen molar-refractivity contribution in [3.63, 3.8) is 0 Å². The highest BCUT2D eigenvalue weighted by Crippen LogP contribution is 1.65. The summed E-state index contributed by atoms with van der Waals surface area (Å²) in [6.07, 6.45) is 1.06. The van der Waals surface area contributed by atoms with Crippen molar-refractivity contribution < 1.29 is 4.79 Å². The number of nitrogens with one attached hydrogen (secondary N) is 2. The fraction of sp³-hybridized carbons (Fsp3) is 0.571. The first kappa shape index (κ1) is 10.1. The van der Waals surface area contributed by atoms with Crippen molar-refractivity contribution in [3.05, 3.63) is 12.7 Å². The highest BCUT2D eigenvalue weighted by atomic mass is 16.1. The second-order valence-corrected chi connectivity index (χ2v) is 2.11. The molecule has 0 radical (unpaired) electrons. The van der Waals surface area contributed by atoms with Crippen LogP contribution in [0.4, 0.5) is 0 Å². The number of hydrogen-bond acceptors (Lipinski definition) is 3. The molecule has 11 heavy (non-hydrogen) atoms. The molecule has 0 aliphatic carbocycles. The van der Waals surface area contributed by atoms with Gasteiger partial charge in [-0.15, -0.1) is 0 Å². The third kappa shape index (κ3) is 9.13. The normalized spacial score (nSPS) is 16.0. The summed E-state index contributed by atoms with van der Waals surface area (Å²) in [4.78, 5) is 9.47. The molecular formula is C7H15N3O. The minimum Gasteiger partial charge on any atom is -0.366 e. The summed E-state index contributed by atoms with van der Waals surface area (Å²) in [6, 6.07) is 0. The predicted molar refractivity (Wildman–Crippen MR) is 45.1 cm³/mol. The summed E-state index contributed by atoms with van der Waals surface area (Å²) in [6.45, 7) is 7.64. The molecule has 1 fully saturated rings. The SMILES string of the molecule is C1CNCCN1.C=CC(N)=O. The van der Waals surface area contributed by atoms with Crippen molar-refractivity contribution in [2.45, 2.75) is 0 Å². The molecule has 1 amide bonds. The molecule has 0 spiro atoms. The maximum Gasteiger partial charge on any atom is 0.240 e. The van der Waals surface area contributed by atoms with E-state index in [9.17, 15) is 4.79 Å². The number of hydrogen-bond donors (Lipinski definition) is 3. The zero-order valence-corrected chi connectivity index (χ0v) is 6.60. The maximum atomic E-state index is 9.47. The van der Waals surface area contributed by atoms with Crippen molar-refractivity contribution >= 4 is 5.91 Å². The molecule has 0 aromatic heterocycles. The lowest BCUT2D eigenvalue weighted by Gasteiger charge is -2.11. The molecule has 0 aromatic carbocycles. The van der Waals surface area contributed by atoms with Gasteiger partial charge in [0.1, 0.15) is 0 Å². The number of amides is 1. The van der Waals surface area contributed by atoms with Gasteiger partial charge in [0.15, 0.2) is 0 Å². The molecule has 1 saturated heterocycles. The lowest BCUT2D eigenvalue weighted by molar-refractivity contribution is -0.113. The van der Waals surface area contributed by atoms with E-state index in [1.54, 1.807) is 0 Å². The fourth-order valence-electron chi connectivity index (χ4n) is 0.604. The Morgan fingerprint density at radius 3 is 1.64 bits per heavy atom. The van der Waals surface area contributed by atoms with Crippen LogP contribution in [-0.2, 0) is 4.79 Å². The smallest absolute Gasteiger partial charge is 0.240 e. The Bertz CT molecular complexity index is 109. The van der Waals surface area contributed by atoms with E-state index in [0.717, 1.165) is 32.3 Å². The second kappa shape index (κ2) is 7.24. The Morgan fingerprint density at radius 1 is 1.27 bits per heavy atom. The molecular weight excluding hydrogens is 142 g/mol. The van der Waals surface area contributed by atoms with E-state index in [1.165, 1.54) is 0 Å². The van der Waals surface area contributed by atoms with Crippen LogP contribution in [0, 0.1) is 0 Å². The topological polar surface area (TPSA) is 67.2 Å². The quantitative estimate of drug-likeness (QED) is 0.420. The van der Waals surface area contributed by atoms with Gasteiger partial charge >= 0.3 is 0 Å². The summed E-state index contributed by atoms with van der Waals surface area (Å²) in [5, 5.41) is 6.44. The summed E-state index contributed by atoms with van der Waals surface area (Å²) in [5.41, 5.74) is 4.53. The van der Waals surface area contributed by atoms with Gasteiger partial charge in [0.05, 0.1) is 0 Å². The van der Waals surface area contributed by atoms with Gasteiger partial charge in [-0.05, 0) is 6.08 Å². The molecule has 4 heteroatoms. The number of carbonyl (C=O) groups excluding carboxylic acids is 1. The van der Waals surface area contributed by atoms with Crippen molar-refractivity contribution in [1.29, 1.82) is 0 Å². The summed E-state index contributed by atoms with van der Waals surface area (Å²) < 4.78 is 0. The molecule has 1 aliphatic heterocycles. The van der Waals surface area contributed by atoms with Gasteiger partial charge in [-0.3, -0.25) is 4.79 Å². The first-order valence-electron chi connectivity index (χ1n) is 3.60. The molecule has 4 nitrogen and oxygen atoms in total. The van der Waals surface area contributed by atoms with Crippen LogP contribution in [0.15, 0.2) is 12.7 Å². The summed E-state index contributed by atoms with van der Waals surface area (Å²) >= 11 is 0. The second-order valence-electron chi connectivity index (χ2n) is 2.11. The summed E-state index contributed by atoms with van der Waals surface area (Å²) in [7, 11) is 0. The minimum absolute atomic E-state index is 0.481. The Labute approximate surface area is 66.8 Å². The van der Waals surface area contributed by atoms with Gasteiger partial charge in [-0.2, -0.15) is 0 Å². The zero-order chi connectivity index (χ0) is 8.53. The van der Waals surface area contributed by atoms with E-state index in [4.69, 9.17) is 0 Å². The highest BCUT2D eigenvalue weighted by Gasteiger charge is 1.91. The monoisotopic (exact) mass is 157 g/mol. The number of carbonyl (C=O) groups is 1. The van der Waals surface area contributed by atoms with Gasteiger partial charge < -0.3 is 16.4 Å². The molecule has 64 valence electrons. The lowest BCUT2D eigenvalue weighted by Crippen LogP contribution is -2.39. The lowest BCUT2D eigenvalue weighted by atomic mass is 10.4. The molecule has 4 N–H and O–H groups in total.